The van der Waals surface area contributed by atoms with Crippen LogP contribution >= 0.6 is 15.9 Å². The van der Waals surface area contributed by atoms with Crippen LogP contribution in [0, 0.1) is 11.3 Å². The second kappa shape index (κ2) is 7.71. The number of anilines is 1. The summed E-state index contributed by atoms with van der Waals surface area (Å²) in [5.41, 5.74) is 1.77. The predicted molar refractivity (Wildman–Crippen MR) is 106 cm³/mol. The molecule has 1 aliphatic carbocycles. The van der Waals surface area contributed by atoms with Crippen molar-refractivity contribution in [3.05, 3.63) is 40.5 Å². The minimum atomic E-state index is 0.297. The molecule has 27 heavy (non-hydrogen) atoms. The van der Waals surface area contributed by atoms with Gasteiger partial charge in [-0.3, -0.25) is 10.00 Å². The van der Waals surface area contributed by atoms with Crippen LogP contribution in [-0.2, 0) is 6.54 Å². The second-order valence-electron chi connectivity index (χ2n) is 7.07. The van der Waals surface area contributed by atoms with Gasteiger partial charge in [0.15, 0.2) is 5.58 Å². The van der Waals surface area contributed by atoms with Gasteiger partial charge in [-0.25, -0.2) is 4.98 Å². The largest absolute Gasteiger partial charge is 0.444 e. The quantitative estimate of drug-likeness (QED) is 0.636. The topological polar surface area (TPSA) is 93.8 Å². The molecule has 0 saturated heterocycles. The molecule has 1 aliphatic rings. The summed E-state index contributed by atoms with van der Waals surface area (Å²) < 4.78 is 6.28. The highest BCUT2D eigenvalue weighted by atomic mass is 79.9. The summed E-state index contributed by atoms with van der Waals surface area (Å²) in [6, 6.07) is 6.77. The Morgan fingerprint density at radius 2 is 2.22 bits per heavy atom. The van der Waals surface area contributed by atoms with E-state index >= 15 is 0 Å². The van der Waals surface area contributed by atoms with Crippen LogP contribution < -0.4 is 5.32 Å². The molecule has 0 spiro atoms. The number of nitrogens with one attached hydrogen (secondary N) is 2. The summed E-state index contributed by atoms with van der Waals surface area (Å²) in [7, 11) is 2.18. The maximum Gasteiger partial charge on any atom is 0.204 e. The zero-order chi connectivity index (χ0) is 18.8. The number of fused-ring (bicyclic) bond motifs is 1. The normalized spacial score (nSPS) is 20.1. The highest BCUT2D eigenvalue weighted by Gasteiger charge is 2.25. The number of halogens is 1. The lowest BCUT2D eigenvalue weighted by molar-refractivity contribution is 0.177. The molecule has 4 rings (SSSR count). The average molecular weight is 429 g/mol. The lowest BCUT2D eigenvalue weighted by Crippen LogP contribution is -2.38. The Kier molecular flexibility index (Phi) is 5.14. The van der Waals surface area contributed by atoms with Crippen molar-refractivity contribution in [3.63, 3.8) is 0 Å². The van der Waals surface area contributed by atoms with Crippen molar-refractivity contribution in [2.24, 2.45) is 0 Å². The lowest BCUT2D eigenvalue weighted by atomic mass is 9.90. The van der Waals surface area contributed by atoms with E-state index in [2.05, 4.69) is 48.4 Å². The number of aromatic amines is 1. The molecule has 0 atom stereocenters. The van der Waals surface area contributed by atoms with Crippen molar-refractivity contribution >= 4 is 32.7 Å². The number of hydrogen-bond donors (Lipinski definition) is 2. The Balaban J connectivity index is 1.37. The van der Waals surface area contributed by atoms with Gasteiger partial charge in [-0.15, -0.1) is 0 Å². The molecule has 3 heterocycles. The van der Waals surface area contributed by atoms with E-state index in [9.17, 15) is 0 Å². The number of furan rings is 1. The molecule has 7 nitrogen and oxygen atoms in total. The van der Waals surface area contributed by atoms with Crippen LogP contribution in [0.1, 0.15) is 37.1 Å². The Labute approximate surface area is 165 Å². The van der Waals surface area contributed by atoms with Crippen molar-refractivity contribution in [2.75, 3.05) is 12.4 Å². The summed E-state index contributed by atoms with van der Waals surface area (Å²) in [6.45, 7) is 0.897. The molecule has 0 unspecified atom stereocenters. The van der Waals surface area contributed by atoms with Crippen molar-refractivity contribution in [1.29, 1.82) is 5.26 Å². The van der Waals surface area contributed by atoms with E-state index in [-0.39, 0.29) is 0 Å². The van der Waals surface area contributed by atoms with E-state index in [0.29, 0.717) is 23.4 Å². The van der Waals surface area contributed by atoms with Crippen molar-refractivity contribution in [3.8, 4) is 6.07 Å². The number of aromatic nitrogens is 3. The van der Waals surface area contributed by atoms with Crippen LogP contribution in [0.5, 0.6) is 0 Å². The van der Waals surface area contributed by atoms with Gasteiger partial charge < -0.3 is 9.73 Å². The van der Waals surface area contributed by atoms with Crippen LogP contribution in [0.4, 0.5) is 5.82 Å². The van der Waals surface area contributed by atoms with Gasteiger partial charge >= 0.3 is 0 Å². The standard InChI is InChI=1S/C19H21BrN6O/c1-26(11-13-6-7-23-25-13)14-4-2-12(3-5-14)24-19-18(20)16-8-15(9-21)27-17(16)10-22-19/h6-8,10,12,14H,2-5,11H2,1H3,(H,22,24)(H,23,25). The van der Waals surface area contributed by atoms with Crippen LogP contribution in [0.2, 0.25) is 0 Å². The van der Waals surface area contributed by atoms with Crippen molar-refractivity contribution in [2.45, 2.75) is 44.3 Å². The van der Waals surface area contributed by atoms with Gasteiger partial charge in [0.25, 0.3) is 0 Å². The lowest BCUT2D eigenvalue weighted by Gasteiger charge is -2.35. The Bertz CT molecular complexity index is 953. The summed E-state index contributed by atoms with van der Waals surface area (Å²) in [5.74, 6) is 1.10. The molecule has 3 aromatic heterocycles. The van der Waals surface area contributed by atoms with Crippen LogP contribution in [0.25, 0.3) is 11.0 Å². The number of nitriles is 1. The van der Waals surface area contributed by atoms with Gasteiger partial charge in [0, 0.05) is 42.0 Å². The van der Waals surface area contributed by atoms with E-state index < -0.39 is 0 Å². The van der Waals surface area contributed by atoms with E-state index in [1.807, 2.05) is 12.1 Å². The van der Waals surface area contributed by atoms with Crippen LogP contribution in [0.15, 0.2) is 33.4 Å². The third kappa shape index (κ3) is 3.84. The predicted octanol–water partition coefficient (Wildman–Crippen LogP) is 4.04. The summed E-state index contributed by atoms with van der Waals surface area (Å²) in [4.78, 5) is 6.87. The van der Waals surface area contributed by atoms with E-state index in [4.69, 9.17) is 9.68 Å². The Morgan fingerprint density at radius 3 is 2.93 bits per heavy atom. The molecule has 140 valence electrons. The molecule has 0 bridgehead atoms. The van der Waals surface area contributed by atoms with E-state index in [1.54, 1.807) is 18.5 Å². The molecular formula is C19H21BrN6O. The zero-order valence-corrected chi connectivity index (χ0v) is 16.7. The minimum Gasteiger partial charge on any atom is -0.444 e. The molecule has 1 saturated carbocycles. The van der Waals surface area contributed by atoms with Crippen LogP contribution in [0.3, 0.4) is 0 Å². The number of pyridine rings is 1. The molecule has 0 amide bonds. The summed E-state index contributed by atoms with van der Waals surface area (Å²) >= 11 is 3.61. The van der Waals surface area contributed by atoms with Gasteiger partial charge in [-0.1, -0.05) is 0 Å². The van der Waals surface area contributed by atoms with Gasteiger partial charge in [0.1, 0.15) is 11.9 Å². The first-order valence-electron chi connectivity index (χ1n) is 9.07. The highest BCUT2D eigenvalue weighted by molar-refractivity contribution is 9.10. The van der Waals surface area contributed by atoms with E-state index in [0.717, 1.165) is 53.6 Å². The second-order valence-corrected chi connectivity index (χ2v) is 7.86. The summed E-state index contributed by atoms with van der Waals surface area (Å²) in [5, 5.41) is 20.5. The fourth-order valence-electron chi connectivity index (χ4n) is 3.76. The number of hydrogen-bond acceptors (Lipinski definition) is 6. The molecule has 0 radical (unpaired) electrons. The minimum absolute atomic E-state index is 0.297. The first-order valence-corrected chi connectivity index (χ1v) is 9.86. The molecule has 0 aromatic carbocycles. The maximum absolute atomic E-state index is 9.01. The molecule has 1 fully saturated rings. The fourth-order valence-corrected chi connectivity index (χ4v) is 4.29. The third-order valence-electron chi connectivity index (χ3n) is 5.27. The van der Waals surface area contributed by atoms with Crippen molar-refractivity contribution in [1.82, 2.24) is 20.1 Å². The SMILES string of the molecule is CN(Cc1ccn[nH]1)C1CCC(Nc2ncc3oc(C#N)cc3c2Br)CC1. The highest BCUT2D eigenvalue weighted by Crippen LogP contribution is 2.33. The third-order valence-corrected chi connectivity index (χ3v) is 6.07. The van der Waals surface area contributed by atoms with E-state index in [1.165, 1.54) is 0 Å². The monoisotopic (exact) mass is 428 g/mol. The Hall–Kier alpha value is -2.37. The number of rotatable bonds is 5. The maximum atomic E-state index is 9.01. The van der Waals surface area contributed by atoms with Gasteiger partial charge in [-0.05, 0) is 54.7 Å². The fraction of sp³-hybridized carbons (Fsp3) is 0.421. The van der Waals surface area contributed by atoms with Crippen molar-refractivity contribution < 1.29 is 4.42 Å². The average Bonchev–Trinajstić information content (AvgIpc) is 3.34. The molecule has 3 aromatic rings. The van der Waals surface area contributed by atoms with Gasteiger partial charge in [-0.2, -0.15) is 10.4 Å². The zero-order valence-electron chi connectivity index (χ0n) is 15.1. The summed E-state index contributed by atoms with van der Waals surface area (Å²) in [6.07, 6.45) is 7.95. The van der Waals surface area contributed by atoms with Gasteiger partial charge in [0.2, 0.25) is 5.76 Å². The Morgan fingerprint density at radius 1 is 1.41 bits per heavy atom. The molecule has 8 heteroatoms. The molecule has 2 N–H and O–H groups in total. The first kappa shape index (κ1) is 18.0. The van der Waals surface area contributed by atoms with Crippen LogP contribution in [-0.4, -0.2) is 39.2 Å². The smallest absolute Gasteiger partial charge is 0.204 e. The number of nitrogens with zero attached hydrogens (tertiary/aromatic N) is 4. The molecular weight excluding hydrogens is 408 g/mol. The van der Waals surface area contributed by atoms with Gasteiger partial charge in [0.05, 0.1) is 10.7 Å². The number of H-pyrrole nitrogens is 1. The molecule has 0 aliphatic heterocycles. The first-order chi connectivity index (χ1) is 13.1.